The summed E-state index contributed by atoms with van der Waals surface area (Å²) in [5, 5.41) is 1.85. The Morgan fingerprint density at radius 3 is 1.20 bits per heavy atom. The Morgan fingerprint density at radius 1 is 0.564 bits per heavy atom. The van der Waals surface area contributed by atoms with Crippen LogP contribution in [0.25, 0.3) is 0 Å². The summed E-state index contributed by atoms with van der Waals surface area (Å²) < 4.78 is 11.0. The molecule has 55 heavy (non-hydrogen) atoms. The van der Waals surface area contributed by atoms with Crippen LogP contribution in [0.1, 0.15) is 226 Å². The van der Waals surface area contributed by atoms with E-state index in [-0.39, 0.29) is 44.1 Å². The fraction of sp³-hybridized carbons (Fsp3) is 0.870. The zero-order chi connectivity index (χ0) is 39.9. The summed E-state index contributed by atoms with van der Waals surface area (Å²) >= 11 is 0. The Bertz CT molecular complexity index is 935. The van der Waals surface area contributed by atoms with E-state index in [0.29, 0.717) is 19.3 Å². The van der Waals surface area contributed by atoms with Crippen LogP contribution in [0.2, 0.25) is 0 Å². The third-order valence-electron chi connectivity index (χ3n) is 10.9. The van der Waals surface area contributed by atoms with Gasteiger partial charge in [0, 0.05) is 12.8 Å². The number of esters is 2. The van der Waals surface area contributed by atoms with E-state index in [1.54, 1.807) is 11.2 Å². The van der Waals surface area contributed by atoms with Gasteiger partial charge in [-0.2, -0.15) is 0 Å². The lowest BCUT2D eigenvalue weighted by Crippen LogP contribution is -2.74. The molecular formula is C46H88N4O5+2. The summed E-state index contributed by atoms with van der Waals surface area (Å²) in [4.78, 5) is 44.1. The van der Waals surface area contributed by atoms with Gasteiger partial charge in [0.05, 0.1) is 19.5 Å². The predicted octanol–water partition coefficient (Wildman–Crippen LogP) is 9.87. The van der Waals surface area contributed by atoms with Crippen molar-refractivity contribution in [3.63, 3.8) is 0 Å². The minimum atomic E-state index is -0.526. The molecule has 0 spiro atoms. The summed E-state index contributed by atoms with van der Waals surface area (Å²) in [6.45, 7) is 5.29. The lowest BCUT2D eigenvalue weighted by molar-refractivity contribution is -0.448. The van der Waals surface area contributed by atoms with Gasteiger partial charge in [0.1, 0.15) is 25.1 Å². The molecule has 0 aromatic heterocycles. The van der Waals surface area contributed by atoms with Crippen LogP contribution in [0.3, 0.4) is 0 Å². The molecule has 1 rings (SSSR count). The van der Waals surface area contributed by atoms with E-state index in [1.165, 1.54) is 154 Å². The van der Waals surface area contributed by atoms with Gasteiger partial charge in [0.25, 0.3) is 5.91 Å². The van der Waals surface area contributed by atoms with E-state index >= 15 is 0 Å². The topological polar surface area (TPSA) is 130 Å². The number of nitrogens with two attached hydrogens (primary N) is 1. The van der Waals surface area contributed by atoms with Crippen molar-refractivity contribution in [2.24, 2.45) is 4.99 Å². The average Bonchev–Trinajstić information content (AvgIpc) is 3.70. The largest absolute Gasteiger partial charge is 0.464 e. The van der Waals surface area contributed by atoms with Gasteiger partial charge in [0.15, 0.2) is 12.4 Å². The van der Waals surface area contributed by atoms with Gasteiger partial charge >= 0.3 is 11.9 Å². The van der Waals surface area contributed by atoms with Crippen LogP contribution in [0, 0.1) is 0 Å². The molecule has 1 unspecified atom stereocenters. The molecule has 9 nitrogen and oxygen atoms in total. The second kappa shape index (κ2) is 38.6. The highest BCUT2D eigenvalue weighted by Gasteiger charge is 2.26. The minimum absolute atomic E-state index is 0.123. The van der Waals surface area contributed by atoms with Gasteiger partial charge in [-0.05, 0) is 12.8 Å². The van der Waals surface area contributed by atoms with Crippen LogP contribution in [0.4, 0.5) is 0 Å². The number of nitrogens with zero attached hydrogens (tertiary/aromatic N) is 2. The molecule has 0 aromatic carbocycles. The van der Waals surface area contributed by atoms with Crippen LogP contribution in [0.5, 0.6) is 0 Å². The maximum absolute atomic E-state index is 13.3. The average molecular weight is 777 g/mol. The molecule has 0 aromatic rings. The van der Waals surface area contributed by atoms with E-state index < -0.39 is 6.04 Å². The lowest BCUT2D eigenvalue weighted by Gasteiger charge is -2.24. The normalized spacial score (nSPS) is 12.9. The second-order valence-corrected chi connectivity index (χ2v) is 16.2. The number of unbranched alkanes of at least 4 members (excludes halogenated alkanes) is 28. The summed E-state index contributed by atoms with van der Waals surface area (Å²) in [5.74, 6) is -0.590. The zero-order valence-electron chi connectivity index (χ0n) is 36.1. The highest BCUT2D eigenvalue weighted by atomic mass is 16.5. The molecule has 1 aliphatic rings. The molecule has 0 fully saturated rings. The van der Waals surface area contributed by atoms with Crippen molar-refractivity contribution in [2.75, 3.05) is 26.3 Å². The molecule has 0 radical (unpaired) electrons. The number of ether oxygens (including phenoxy) is 2. The van der Waals surface area contributed by atoms with Gasteiger partial charge in [-0.1, -0.05) is 194 Å². The monoisotopic (exact) mass is 777 g/mol. The second-order valence-electron chi connectivity index (χ2n) is 16.2. The predicted molar refractivity (Wildman–Crippen MR) is 227 cm³/mol. The van der Waals surface area contributed by atoms with Crippen molar-refractivity contribution >= 4 is 24.2 Å². The first-order valence-electron chi connectivity index (χ1n) is 23.5. The zero-order valence-corrected chi connectivity index (χ0v) is 36.1. The number of amides is 1. The van der Waals surface area contributed by atoms with Crippen LogP contribution in [-0.2, 0) is 23.9 Å². The van der Waals surface area contributed by atoms with Crippen LogP contribution >= 0.6 is 0 Å². The maximum atomic E-state index is 13.3. The number of rotatable bonds is 41. The Morgan fingerprint density at radius 2 is 0.891 bits per heavy atom. The number of aliphatic imine (C=N–C) groups is 1. The first kappa shape index (κ1) is 50.8. The smallest absolute Gasteiger partial charge is 0.305 e. The van der Waals surface area contributed by atoms with E-state index in [1.807, 2.05) is 11.5 Å². The number of quaternary nitrogens is 2. The Balaban J connectivity index is 2.17. The van der Waals surface area contributed by atoms with Gasteiger partial charge in [0.2, 0.25) is 0 Å². The first-order chi connectivity index (χ1) is 27.0. The minimum Gasteiger partial charge on any atom is -0.464 e. The molecule has 5 N–H and O–H groups in total. The summed E-state index contributed by atoms with van der Waals surface area (Å²) in [6.07, 6.45) is 43.4. The van der Waals surface area contributed by atoms with Crippen LogP contribution in [-0.4, -0.2) is 61.4 Å². The Labute approximate surface area is 338 Å². The summed E-state index contributed by atoms with van der Waals surface area (Å²) in [7, 11) is 0. The van der Waals surface area contributed by atoms with Crippen molar-refractivity contribution in [3.8, 4) is 0 Å². The number of hydrogen-bond donors (Lipinski definition) is 2. The van der Waals surface area contributed by atoms with Gasteiger partial charge in [-0.25, -0.2) is 4.99 Å². The maximum Gasteiger partial charge on any atom is 0.305 e. The summed E-state index contributed by atoms with van der Waals surface area (Å²) in [5.41, 5.74) is 4.90. The molecule has 1 heterocycles. The third kappa shape index (κ3) is 32.5. The van der Waals surface area contributed by atoms with Crippen molar-refractivity contribution in [1.82, 2.24) is 4.90 Å². The molecule has 320 valence electrons. The highest BCUT2D eigenvalue weighted by molar-refractivity contribution is 5.81. The summed E-state index contributed by atoms with van der Waals surface area (Å²) in [6, 6.07) is -0.526. The Kier molecular flexibility index (Phi) is 35.6. The van der Waals surface area contributed by atoms with Crippen LogP contribution < -0.4 is 11.1 Å². The van der Waals surface area contributed by atoms with Crippen molar-refractivity contribution < 1.29 is 34.9 Å². The van der Waals surface area contributed by atoms with Crippen molar-refractivity contribution in [2.45, 2.75) is 232 Å². The molecule has 1 amide bonds. The first-order valence-corrected chi connectivity index (χ1v) is 23.5. The molecule has 1 aliphatic heterocycles. The van der Waals surface area contributed by atoms with E-state index in [9.17, 15) is 14.4 Å². The standard InChI is InChI=1S/C46H86N4O5/c1-3-5-7-9-11-13-15-17-19-21-23-25-27-29-31-33-44(51)54-37-35-50(46(53)43(47)39-42-40-48-41-49-42)36-38-55-45(52)34-32-30-28-26-24-22-20-18-16-14-12-10-8-6-4-2/h40-41,43H,3-39,47H2,1-2H3,(H,48,49)/p+2. The van der Waals surface area contributed by atoms with Crippen molar-refractivity contribution in [1.29, 1.82) is 0 Å². The van der Waals surface area contributed by atoms with Gasteiger partial charge in [-0.15, -0.1) is 0 Å². The van der Waals surface area contributed by atoms with E-state index in [2.05, 4.69) is 24.6 Å². The number of carbonyl (C=O) groups is 3. The SMILES string of the molecule is CCCCCCCCCCCCCCCCCC(=O)OCCN(CCOC(=O)CCCCCCCCCCCCCCCCC)C(=O)C([NH3+])CC1=C[NH2+]C=N1. The van der Waals surface area contributed by atoms with Crippen molar-refractivity contribution in [3.05, 3.63) is 11.9 Å². The molecular weight excluding hydrogens is 689 g/mol. The molecule has 0 aliphatic carbocycles. The molecule has 0 bridgehead atoms. The van der Waals surface area contributed by atoms with Crippen LogP contribution in [0.15, 0.2) is 16.9 Å². The van der Waals surface area contributed by atoms with Gasteiger partial charge < -0.3 is 20.1 Å². The third-order valence-corrected chi connectivity index (χ3v) is 10.9. The Hall–Kier alpha value is -2.26. The van der Waals surface area contributed by atoms with E-state index in [0.717, 1.165) is 44.2 Å². The number of hydrogen-bond acceptors (Lipinski definition) is 6. The fourth-order valence-corrected chi connectivity index (χ4v) is 7.35. The molecule has 9 heteroatoms. The quantitative estimate of drug-likeness (QED) is 0.0472. The highest BCUT2D eigenvalue weighted by Crippen LogP contribution is 2.16. The molecule has 1 atom stereocenters. The molecule has 0 saturated heterocycles. The number of carbonyl (C=O) groups excluding carboxylic acids is 3. The van der Waals surface area contributed by atoms with E-state index in [4.69, 9.17) is 9.47 Å². The molecule has 0 saturated carbocycles. The lowest BCUT2D eigenvalue weighted by atomic mass is 10.0. The van der Waals surface area contributed by atoms with Gasteiger partial charge in [-0.3, -0.25) is 19.7 Å². The fourth-order valence-electron chi connectivity index (χ4n) is 7.35.